The zero-order valence-corrected chi connectivity index (χ0v) is 11.2. The number of aromatic nitrogens is 1. The molecule has 0 unspecified atom stereocenters. The van der Waals surface area contributed by atoms with E-state index in [1.165, 1.54) is 11.3 Å². The molecule has 1 aliphatic carbocycles. The van der Waals surface area contributed by atoms with E-state index in [2.05, 4.69) is 10.3 Å². The summed E-state index contributed by atoms with van der Waals surface area (Å²) < 4.78 is 0. The van der Waals surface area contributed by atoms with Crippen molar-refractivity contribution in [3.8, 4) is 0 Å². The first-order valence-corrected chi connectivity index (χ1v) is 6.99. The summed E-state index contributed by atoms with van der Waals surface area (Å²) in [6.45, 7) is 3.87. The van der Waals surface area contributed by atoms with Crippen molar-refractivity contribution in [2.24, 2.45) is 5.73 Å². The zero-order valence-electron chi connectivity index (χ0n) is 10.4. The SMILES string of the molecule is CCC(N)(CC)C(=O)Nc1nc2c(s1)CCC2. The molecule has 94 valence electrons. The van der Waals surface area contributed by atoms with Crippen molar-refractivity contribution in [2.45, 2.75) is 51.5 Å². The average molecular weight is 253 g/mol. The maximum absolute atomic E-state index is 12.1. The van der Waals surface area contributed by atoms with Crippen LogP contribution in [0, 0.1) is 0 Å². The Hall–Kier alpha value is -0.940. The molecule has 1 aromatic rings. The minimum absolute atomic E-state index is 0.116. The second-order valence-electron chi connectivity index (χ2n) is 4.56. The number of amides is 1. The van der Waals surface area contributed by atoms with Crippen LogP contribution in [0.4, 0.5) is 5.13 Å². The van der Waals surface area contributed by atoms with Gasteiger partial charge in [0, 0.05) is 4.88 Å². The summed E-state index contributed by atoms with van der Waals surface area (Å²) in [6.07, 6.45) is 4.60. The number of hydrogen-bond donors (Lipinski definition) is 2. The number of hydrogen-bond acceptors (Lipinski definition) is 4. The highest BCUT2D eigenvalue weighted by Gasteiger charge is 2.31. The molecule has 0 aliphatic heterocycles. The quantitative estimate of drug-likeness (QED) is 0.863. The molecule has 0 fully saturated rings. The van der Waals surface area contributed by atoms with Crippen LogP contribution in [0.3, 0.4) is 0 Å². The maximum Gasteiger partial charge on any atom is 0.246 e. The fourth-order valence-electron chi connectivity index (χ4n) is 2.04. The van der Waals surface area contributed by atoms with Gasteiger partial charge in [-0.3, -0.25) is 4.79 Å². The van der Waals surface area contributed by atoms with Gasteiger partial charge in [-0.05, 0) is 32.1 Å². The molecule has 3 N–H and O–H groups in total. The van der Waals surface area contributed by atoms with Crippen molar-refractivity contribution >= 4 is 22.4 Å². The molecule has 2 rings (SSSR count). The molecule has 4 nitrogen and oxygen atoms in total. The fraction of sp³-hybridized carbons (Fsp3) is 0.667. The van der Waals surface area contributed by atoms with E-state index < -0.39 is 5.54 Å². The van der Waals surface area contributed by atoms with Crippen molar-refractivity contribution in [1.29, 1.82) is 0 Å². The minimum Gasteiger partial charge on any atom is -0.317 e. The molecule has 1 aromatic heterocycles. The topological polar surface area (TPSA) is 68.0 Å². The highest BCUT2D eigenvalue weighted by Crippen LogP contribution is 2.30. The molecular weight excluding hydrogens is 234 g/mol. The number of thiazole rings is 1. The molecule has 0 saturated carbocycles. The Morgan fingerprint density at radius 1 is 1.47 bits per heavy atom. The van der Waals surface area contributed by atoms with Crippen LogP contribution in [0.2, 0.25) is 0 Å². The second-order valence-corrected chi connectivity index (χ2v) is 5.64. The molecule has 17 heavy (non-hydrogen) atoms. The first kappa shape index (κ1) is 12.5. The van der Waals surface area contributed by atoms with Crippen molar-refractivity contribution in [3.63, 3.8) is 0 Å². The lowest BCUT2D eigenvalue weighted by molar-refractivity contribution is -0.121. The summed E-state index contributed by atoms with van der Waals surface area (Å²) in [5.41, 5.74) is 6.43. The van der Waals surface area contributed by atoms with Crippen LogP contribution in [0.1, 0.15) is 43.7 Å². The van der Waals surface area contributed by atoms with Crippen molar-refractivity contribution in [2.75, 3.05) is 5.32 Å². The number of carbonyl (C=O) groups is 1. The molecule has 1 heterocycles. The van der Waals surface area contributed by atoms with Gasteiger partial charge in [0.25, 0.3) is 0 Å². The number of nitrogens with one attached hydrogen (secondary N) is 1. The van der Waals surface area contributed by atoms with Gasteiger partial charge in [0.15, 0.2) is 5.13 Å². The first-order valence-electron chi connectivity index (χ1n) is 6.18. The van der Waals surface area contributed by atoms with E-state index in [4.69, 9.17) is 5.73 Å². The monoisotopic (exact) mass is 253 g/mol. The predicted octanol–water partition coefficient (Wildman–Crippen LogP) is 2.09. The lowest BCUT2D eigenvalue weighted by Crippen LogP contribution is -2.50. The van der Waals surface area contributed by atoms with Gasteiger partial charge in [0.2, 0.25) is 5.91 Å². The van der Waals surface area contributed by atoms with E-state index >= 15 is 0 Å². The van der Waals surface area contributed by atoms with Gasteiger partial charge in [-0.1, -0.05) is 13.8 Å². The summed E-state index contributed by atoms with van der Waals surface area (Å²) >= 11 is 1.59. The van der Waals surface area contributed by atoms with Crippen LogP contribution in [-0.4, -0.2) is 16.4 Å². The highest BCUT2D eigenvalue weighted by molar-refractivity contribution is 7.15. The van der Waals surface area contributed by atoms with Gasteiger partial charge >= 0.3 is 0 Å². The molecule has 0 bridgehead atoms. The normalized spacial score (nSPS) is 14.8. The Kier molecular flexibility index (Phi) is 3.49. The van der Waals surface area contributed by atoms with Crippen LogP contribution in [-0.2, 0) is 17.6 Å². The van der Waals surface area contributed by atoms with Crippen molar-refractivity contribution < 1.29 is 4.79 Å². The number of nitrogens with zero attached hydrogens (tertiary/aromatic N) is 1. The molecular formula is C12H19N3OS. The average Bonchev–Trinajstić information content (AvgIpc) is 2.88. The Morgan fingerprint density at radius 3 is 2.76 bits per heavy atom. The first-order chi connectivity index (χ1) is 8.09. The van der Waals surface area contributed by atoms with Gasteiger partial charge in [-0.25, -0.2) is 4.98 Å². The fourth-order valence-corrected chi connectivity index (χ4v) is 3.08. The maximum atomic E-state index is 12.1. The third kappa shape index (κ3) is 2.35. The molecule has 0 atom stereocenters. The van der Waals surface area contributed by atoms with E-state index in [9.17, 15) is 4.79 Å². The third-order valence-electron chi connectivity index (χ3n) is 3.53. The number of carbonyl (C=O) groups excluding carboxylic acids is 1. The number of fused-ring (bicyclic) bond motifs is 1. The molecule has 0 radical (unpaired) electrons. The number of nitrogens with two attached hydrogens (primary N) is 1. The Bertz CT molecular complexity index is 402. The Labute approximate surface area is 106 Å². The van der Waals surface area contributed by atoms with E-state index in [1.54, 1.807) is 11.3 Å². The molecule has 1 amide bonds. The minimum atomic E-state index is -0.768. The molecule has 0 aromatic carbocycles. The number of rotatable bonds is 4. The van der Waals surface area contributed by atoms with Gasteiger partial charge in [-0.2, -0.15) is 0 Å². The standard InChI is InChI=1S/C12H19N3OS/c1-3-12(13,4-2)10(16)15-11-14-8-6-5-7-9(8)17-11/h3-7,13H2,1-2H3,(H,14,15,16). The molecule has 0 saturated heterocycles. The number of anilines is 1. The summed E-state index contributed by atoms with van der Waals surface area (Å²) in [4.78, 5) is 17.8. The zero-order chi connectivity index (χ0) is 12.5. The molecule has 0 spiro atoms. The van der Waals surface area contributed by atoms with Crippen LogP contribution in [0.25, 0.3) is 0 Å². The van der Waals surface area contributed by atoms with Gasteiger partial charge in [-0.15, -0.1) is 11.3 Å². The summed E-state index contributed by atoms with van der Waals surface area (Å²) in [7, 11) is 0. The van der Waals surface area contributed by atoms with E-state index in [0.29, 0.717) is 18.0 Å². The summed E-state index contributed by atoms with van der Waals surface area (Å²) in [6, 6.07) is 0. The van der Waals surface area contributed by atoms with Gasteiger partial charge in [0.1, 0.15) is 0 Å². The van der Waals surface area contributed by atoms with Crippen molar-refractivity contribution in [3.05, 3.63) is 10.6 Å². The van der Waals surface area contributed by atoms with Crippen LogP contribution in [0.5, 0.6) is 0 Å². The molecule has 5 heteroatoms. The van der Waals surface area contributed by atoms with Crippen molar-refractivity contribution in [1.82, 2.24) is 4.98 Å². The van der Waals surface area contributed by atoms with Gasteiger partial charge in [0.05, 0.1) is 11.2 Å². The lowest BCUT2D eigenvalue weighted by Gasteiger charge is -2.24. The van der Waals surface area contributed by atoms with E-state index in [1.807, 2.05) is 13.8 Å². The molecule has 1 aliphatic rings. The smallest absolute Gasteiger partial charge is 0.246 e. The van der Waals surface area contributed by atoms with Crippen LogP contribution < -0.4 is 11.1 Å². The highest BCUT2D eigenvalue weighted by atomic mass is 32.1. The largest absolute Gasteiger partial charge is 0.317 e. The van der Waals surface area contributed by atoms with E-state index in [0.717, 1.165) is 18.5 Å². The Morgan fingerprint density at radius 2 is 2.18 bits per heavy atom. The third-order valence-corrected chi connectivity index (χ3v) is 4.60. The van der Waals surface area contributed by atoms with Gasteiger partial charge < -0.3 is 11.1 Å². The number of aryl methyl sites for hydroxylation is 2. The summed E-state index contributed by atoms with van der Waals surface area (Å²) in [5, 5.41) is 3.56. The Balaban J connectivity index is 2.07. The van der Waals surface area contributed by atoms with E-state index in [-0.39, 0.29) is 5.91 Å². The van der Waals surface area contributed by atoms with Crippen LogP contribution in [0.15, 0.2) is 0 Å². The summed E-state index contributed by atoms with van der Waals surface area (Å²) in [5.74, 6) is -0.116. The second kappa shape index (κ2) is 4.74. The predicted molar refractivity (Wildman–Crippen MR) is 70.3 cm³/mol. The lowest BCUT2D eigenvalue weighted by atomic mass is 9.93. The van der Waals surface area contributed by atoms with Crippen LogP contribution >= 0.6 is 11.3 Å².